The van der Waals surface area contributed by atoms with Crippen LogP contribution in [0.3, 0.4) is 0 Å². The Bertz CT molecular complexity index is 532. The number of nitrogens with one attached hydrogen (secondary N) is 1. The summed E-state index contributed by atoms with van der Waals surface area (Å²) < 4.78 is 0. The van der Waals surface area contributed by atoms with Gasteiger partial charge in [-0.25, -0.2) is 0 Å². The van der Waals surface area contributed by atoms with E-state index in [2.05, 4.69) is 59.6 Å². The Morgan fingerprint density at radius 2 is 2.16 bits per heavy atom. The molecule has 1 N–H and O–H groups in total. The minimum absolute atomic E-state index is 1.07. The van der Waals surface area contributed by atoms with Gasteiger partial charge in [0.15, 0.2) is 0 Å². The fourth-order valence-electron chi connectivity index (χ4n) is 2.16. The van der Waals surface area contributed by atoms with E-state index in [1.807, 2.05) is 0 Å². The third-order valence-electron chi connectivity index (χ3n) is 3.24. The Kier molecular flexibility index (Phi) is 5.34. The smallest absolute Gasteiger partial charge is 0.0458 e. The van der Waals surface area contributed by atoms with E-state index in [0.29, 0.717) is 0 Å². The quantitative estimate of drug-likeness (QED) is 0.646. The van der Waals surface area contributed by atoms with Gasteiger partial charge in [-0.3, -0.25) is 0 Å². The molecule has 0 spiro atoms. The molecule has 0 saturated heterocycles. The molecule has 2 heteroatoms. The van der Waals surface area contributed by atoms with Crippen molar-refractivity contribution in [2.24, 2.45) is 0 Å². The van der Waals surface area contributed by atoms with Crippen molar-refractivity contribution in [1.82, 2.24) is 4.98 Å². The number of thioether (sulfide) groups is 1. The molecule has 0 amide bonds. The third kappa shape index (κ3) is 4.03. The second-order valence-electron chi connectivity index (χ2n) is 4.73. The van der Waals surface area contributed by atoms with Crippen molar-refractivity contribution >= 4 is 28.2 Å². The zero-order valence-corrected chi connectivity index (χ0v) is 12.3. The number of hydrogen-bond acceptors (Lipinski definition) is 1. The SMILES string of the molecule is C=C(CCCC/C=C/SC)c1cc2ccccc2[nH]1. The number of aromatic amines is 1. The summed E-state index contributed by atoms with van der Waals surface area (Å²) in [5, 5.41) is 3.42. The van der Waals surface area contributed by atoms with Crippen LogP contribution in [-0.4, -0.2) is 11.2 Å². The van der Waals surface area contributed by atoms with Crippen molar-refractivity contribution in [2.75, 3.05) is 6.26 Å². The molecule has 2 rings (SSSR count). The fraction of sp³-hybridized carbons (Fsp3) is 0.294. The van der Waals surface area contributed by atoms with E-state index in [-0.39, 0.29) is 0 Å². The molecule has 19 heavy (non-hydrogen) atoms. The minimum atomic E-state index is 1.07. The number of aromatic nitrogens is 1. The molecule has 0 saturated carbocycles. The molecule has 0 radical (unpaired) electrons. The Morgan fingerprint density at radius 3 is 2.95 bits per heavy atom. The molecular formula is C17H21NS. The lowest BCUT2D eigenvalue weighted by Gasteiger charge is -2.02. The standard InChI is InChI=1S/C17H21NS/c1-14(9-5-3-4-8-12-19-2)17-13-15-10-6-7-11-16(15)18-17/h6-8,10-13,18H,1,3-5,9H2,2H3/b12-8+. The van der Waals surface area contributed by atoms with Gasteiger partial charge >= 0.3 is 0 Å². The van der Waals surface area contributed by atoms with Gasteiger partial charge in [0.2, 0.25) is 0 Å². The number of benzene rings is 1. The number of hydrogen-bond donors (Lipinski definition) is 1. The van der Waals surface area contributed by atoms with Crippen LogP contribution in [-0.2, 0) is 0 Å². The second-order valence-corrected chi connectivity index (χ2v) is 5.47. The first-order valence-electron chi connectivity index (χ1n) is 6.75. The normalized spacial score (nSPS) is 11.4. The van der Waals surface area contributed by atoms with Crippen LogP contribution < -0.4 is 0 Å². The van der Waals surface area contributed by atoms with E-state index in [4.69, 9.17) is 0 Å². The van der Waals surface area contributed by atoms with Crippen molar-refractivity contribution < 1.29 is 0 Å². The van der Waals surface area contributed by atoms with Crippen LogP contribution >= 0.6 is 11.8 Å². The average molecular weight is 271 g/mol. The summed E-state index contributed by atoms with van der Waals surface area (Å²) in [6, 6.07) is 10.6. The first-order chi connectivity index (χ1) is 9.31. The van der Waals surface area contributed by atoms with Gasteiger partial charge in [0.25, 0.3) is 0 Å². The fourth-order valence-corrected chi connectivity index (χ4v) is 2.49. The molecular weight excluding hydrogens is 250 g/mol. The van der Waals surface area contributed by atoms with Crippen LogP contribution in [0.5, 0.6) is 0 Å². The molecule has 1 heterocycles. The molecule has 0 unspecified atom stereocenters. The van der Waals surface area contributed by atoms with Gasteiger partial charge in [-0.1, -0.05) is 30.9 Å². The zero-order chi connectivity index (χ0) is 13.5. The molecule has 0 aliphatic carbocycles. The highest BCUT2D eigenvalue weighted by molar-refractivity contribution is 8.01. The van der Waals surface area contributed by atoms with Gasteiger partial charge in [0.05, 0.1) is 0 Å². The maximum atomic E-state index is 4.20. The van der Waals surface area contributed by atoms with Crippen molar-refractivity contribution in [3.05, 3.63) is 54.1 Å². The van der Waals surface area contributed by atoms with Crippen molar-refractivity contribution in [3.63, 3.8) is 0 Å². The van der Waals surface area contributed by atoms with Gasteiger partial charge in [-0.2, -0.15) is 0 Å². The van der Waals surface area contributed by atoms with Crippen LogP contribution in [0.15, 0.2) is 48.4 Å². The molecule has 0 fully saturated rings. The lowest BCUT2D eigenvalue weighted by atomic mass is 10.1. The molecule has 1 nitrogen and oxygen atoms in total. The van der Waals surface area contributed by atoms with Crippen molar-refractivity contribution in [2.45, 2.75) is 25.7 Å². The Labute approximate surface area is 119 Å². The van der Waals surface area contributed by atoms with Crippen molar-refractivity contribution in [3.8, 4) is 0 Å². The lowest BCUT2D eigenvalue weighted by Crippen LogP contribution is -1.83. The Morgan fingerprint density at radius 1 is 1.32 bits per heavy atom. The number of unbranched alkanes of at least 4 members (excludes halogenated alkanes) is 2. The van der Waals surface area contributed by atoms with E-state index in [1.165, 1.54) is 41.4 Å². The molecule has 0 bridgehead atoms. The van der Waals surface area contributed by atoms with E-state index in [0.717, 1.165) is 6.42 Å². The number of allylic oxidation sites excluding steroid dienone is 2. The molecule has 100 valence electrons. The highest BCUT2D eigenvalue weighted by Gasteiger charge is 2.03. The second kappa shape index (κ2) is 7.25. The summed E-state index contributed by atoms with van der Waals surface area (Å²) in [6.07, 6.45) is 9.01. The number of H-pyrrole nitrogens is 1. The molecule has 0 aliphatic heterocycles. The van der Waals surface area contributed by atoms with Gasteiger partial charge in [-0.05, 0) is 60.4 Å². The summed E-state index contributed by atoms with van der Waals surface area (Å²) in [7, 11) is 0. The van der Waals surface area contributed by atoms with Gasteiger partial charge in [0, 0.05) is 11.2 Å². The monoisotopic (exact) mass is 271 g/mol. The topological polar surface area (TPSA) is 15.8 Å². The predicted octanol–water partition coefficient (Wildman–Crippen LogP) is 5.62. The maximum Gasteiger partial charge on any atom is 0.0458 e. The zero-order valence-electron chi connectivity index (χ0n) is 11.5. The van der Waals surface area contributed by atoms with E-state index in [9.17, 15) is 0 Å². The number of para-hydroxylation sites is 1. The Balaban J connectivity index is 1.84. The molecule has 2 aromatic rings. The Hall–Kier alpha value is -1.41. The van der Waals surface area contributed by atoms with Crippen LogP contribution in [0.25, 0.3) is 16.5 Å². The summed E-state index contributed by atoms with van der Waals surface area (Å²) >= 11 is 1.76. The van der Waals surface area contributed by atoms with Crippen LogP contribution in [0.2, 0.25) is 0 Å². The first-order valence-corrected chi connectivity index (χ1v) is 8.04. The summed E-state index contributed by atoms with van der Waals surface area (Å²) in [4.78, 5) is 3.44. The average Bonchev–Trinajstić information content (AvgIpc) is 2.86. The highest BCUT2D eigenvalue weighted by atomic mass is 32.2. The van der Waals surface area contributed by atoms with Crippen molar-refractivity contribution in [1.29, 1.82) is 0 Å². The number of fused-ring (bicyclic) bond motifs is 1. The minimum Gasteiger partial charge on any atom is -0.355 e. The van der Waals surface area contributed by atoms with Crippen LogP contribution in [0.1, 0.15) is 31.4 Å². The molecule has 0 aliphatic rings. The molecule has 1 aromatic carbocycles. The lowest BCUT2D eigenvalue weighted by molar-refractivity contribution is 0.769. The summed E-state index contributed by atoms with van der Waals surface area (Å²) in [5.74, 6) is 0. The largest absolute Gasteiger partial charge is 0.355 e. The van der Waals surface area contributed by atoms with Gasteiger partial charge in [0.1, 0.15) is 0 Å². The third-order valence-corrected chi connectivity index (χ3v) is 3.71. The first kappa shape index (κ1) is 14.0. The summed E-state index contributed by atoms with van der Waals surface area (Å²) in [6.45, 7) is 4.20. The maximum absolute atomic E-state index is 4.20. The van der Waals surface area contributed by atoms with Crippen LogP contribution in [0, 0.1) is 0 Å². The molecule has 1 aromatic heterocycles. The number of rotatable bonds is 7. The highest BCUT2D eigenvalue weighted by Crippen LogP contribution is 2.23. The van der Waals surface area contributed by atoms with Crippen LogP contribution in [0.4, 0.5) is 0 Å². The van der Waals surface area contributed by atoms with Gasteiger partial charge in [-0.15, -0.1) is 11.8 Å². The van der Waals surface area contributed by atoms with E-state index < -0.39 is 0 Å². The predicted molar refractivity (Wildman–Crippen MR) is 88.5 cm³/mol. The van der Waals surface area contributed by atoms with E-state index in [1.54, 1.807) is 11.8 Å². The molecule has 0 atom stereocenters. The van der Waals surface area contributed by atoms with Gasteiger partial charge < -0.3 is 4.98 Å². The summed E-state index contributed by atoms with van der Waals surface area (Å²) in [5.41, 5.74) is 3.59. The van der Waals surface area contributed by atoms with E-state index >= 15 is 0 Å².